The third-order valence-electron chi connectivity index (χ3n) is 4.88. The lowest BCUT2D eigenvalue weighted by Gasteiger charge is -2.27. The molecule has 4 rings (SSSR count). The molecule has 1 heterocycles. The molecule has 1 aromatic heterocycles. The highest BCUT2D eigenvalue weighted by Crippen LogP contribution is 2.34. The fourth-order valence-corrected chi connectivity index (χ4v) is 4.63. The van der Waals surface area contributed by atoms with Crippen molar-refractivity contribution in [3.8, 4) is 0 Å². The van der Waals surface area contributed by atoms with E-state index in [2.05, 4.69) is 14.1 Å². The summed E-state index contributed by atoms with van der Waals surface area (Å²) in [5, 5.41) is 2.97. The molecule has 0 radical (unpaired) electrons. The van der Waals surface area contributed by atoms with Gasteiger partial charge in [-0.25, -0.2) is 4.39 Å². The predicted molar refractivity (Wildman–Crippen MR) is 129 cm³/mol. The van der Waals surface area contributed by atoms with Crippen LogP contribution in [0.2, 0.25) is 5.02 Å². The minimum absolute atomic E-state index is 0.0412. The zero-order valence-corrected chi connectivity index (χ0v) is 19.9. The van der Waals surface area contributed by atoms with E-state index in [-0.39, 0.29) is 34.5 Å². The molecule has 174 valence electrons. The monoisotopic (exact) mass is 515 g/mol. The fraction of sp³-hybridized carbons (Fsp3) is 0.0870. The van der Waals surface area contributed by atoms with Gasteiger partial charge in [-0.05, 0) is 41.5 Å². The maximum atomic E-state index is 13.1. The van der Waals surface area contributed by atoms with Crippen molar-refractivity contribution in [2.24, 2.45) is 0 Å². The minimum atomic E-state index is -2.82. The summed E-state index contributed by atoms with van der Waals surface area (Å²) in [5.74, 6) is -0.817. The SMILES string of the molecule is O=C(NCc1ccc(F)cc1)c1ccc(Cl)cc1N(c1nsnc1Cc1ccccc1)S(=O)[O-]. The first kappa shape index (κ1) is 24.0. The molecule has 1 amide bonds. The average Bonchev–Trinajstić information content (AvgIpc) is 3.26. The first-order valence-electron chi connectivity index (χ1n) is 9.99. The van der Waals surface area contributed by atoms with Crippen LogP contribution in [0.15, 0.2) is 72.8 Å². The summed E-state index contributed by atoms with van der Waals surface area (Å²) in [4.78, 5) is 13.0. The molecule has 3 aromatic carbocycles. The molecule has 0 saturated carbocycles. The summed E-state index contributed by atoms with van der Waals surface area (Å²) in [6, 6.07) is 19.4. The van der Waals surface area contributed by atoms with E-state index in [1.165, 1.54) is 30.3 Å². The van der Waals surface area contributed by atoms with E-state index in [9.17, 15) is 17.9 Å². The van der Waals surface area contributed by atoms with Gasteiger partial charge in [-0.1, -0.05) is 54.1 Å². The Morgan fingerprint density at radius 1 is 1.06 bits per heavy atom. The first-order chi connectivity index (χ1) is 16.4. The normalized spacial score (nSPS) is 11.7. The molecular weight excluding hydrogens is 499 g/mol. The first-order valence-corrected chi connectivity index (χ1v) is 12.1. The van der Waals surface area contributed by atoms with Gasteiger partial charge in [0.05, 0.1) is 34.2 Å². The van der Waals surface area contributed by atoms with Crippen LogP contribution in [0.1, 0.15) is 27.2 Å². The largest absolute Gasteiger partial charge is 0.755 e. The van der Waals surface area contributed by atoms with Gasteiger partial charge in [-0.15, -0.1) is 0 Å². The number of hydrogen-bond donors (Lipinski definition) is 1. The Balaban J connectivity index is 1.66. The number of anilines is 2. The summed E-state index contributed by atoms with van der Waals surface area (Å²) in [5.41, 5.74) is 2.17. The molecule has 0 aliphatic carbocycles. The van der Waals surface area contributed by atoms with Gasteiger partial charge < -0.3 is 9.87 Å². The summed E-state index contributed by atoms with van der Waals surface area (Å²) >= 11 is 4.21. The van der Waals surface area contributed by atoms with Crippen LogP contribution < -0.4 is 9.62 Å². The Morgan fingerprint density at radius 2 is 1.79 bits per heavy atom. The Hall–Kier alpha value is -3.18. The van der Waals surface area contributed by atoms with Gasteiger partial charge in [0.25, 0.3) is 5.91 Å². The van der Waals surface area contributed by atoms with Crippen LogP contribution in [0.25, 0.3) is 0 Å². The molecule has 7 nitrogen and oxygen atoms in total. The van der Waals surface area contributed by atoms with Crippen molar-refractivity contribution >= 4 is 52.0 Å². The van der Waals surface area contributed by atoms with Gasteiger partial charge in [0, 0.05) is 18.0 Å². The standard InChI is InChI=1S/C23H18ClFN4O3S2/c24-17-8-11-19(23(30)26-14-16-6-9-18(25)10-7-16)21(13-17)29(34(31)32)22-20(27-33-28-22)12-15-4-2-1-3-5-15/h1-11,13H,12,14H2,(H,26,30)(H,31,32)/p-1. The molecule has 0 saturated heterocycles. The molecular formula is C23H17ClFN4O3S2-. The van der Waals surface area contributed by atoms with E-state index < -0.39 is 17.2 Å². The second kappa shape index (κ2) is 10.8. The lowest BCUT2D eigenvalue weighted by molar-refractivity contribution is 0.0951. The number of halogens is 2. The third kappa shape index (κ3) is 5.65. The highest BCUT2D eigenvalue weighted by Gasteiger charge is 2.24. The maximum Gasteiger partial charge on any atom is 0.253 e. The Kier molecular flexibility index (Phi) is 7.63. The second-order valence-electron chi connectivity index (χ2n) is 7.18. The summed E-state index contributed by atoms with van der Waals surface area (Å²) in [6.07, 6.45) is 0.354. The number of hydrogen-bond acceptors (Lipinski definition) is 6. The van der Waals surface area contributed by atoms with E-state index in [0.717, 1.165) is 21.6 Å². The van der Waals surface area contributed by atoms with Crippen LogP contribution >= 0.6 is 23.3 Å². The van der Waals surface area contributed by atoms with Crippen molar-refractivity contribution in [2.75, 3.05) is 4.31 Å². The van der Waals surface area contributed by atoms with E-state index in [4.69, 9.17) is 11.6 Å². The number of rotatable bonds is 8. The highest BCUT2D eigenvalue weighted by molar-refractivity contribution is 7.81. The van der Waals surface area contributed by atoms with E-state index in [0.29, 0.717) is 17.7 Å². The third-order valence-corrected chi connectivity index (χ3v) is 6.34. The molecule has 11 heteroatoms. The van der Waals surface area contributed by atoms with Crippen LogP contribution in [0, 0.1) is 5.82 Å². The van der Waals surface area contributed by atoms with Crippen molar-refractivity contribution in [3.05, 3.63) is 106 Å². The molecule has 0 fully saturated rings. The number of aromatic nitrogens is 2. The van der Waals surface area contributed by atoms with Crippen molar-refractivity contribution in [3.63, 3.8) is 0 Å². The Labute approximate surface area is 207 Å². The van der Waals surface area contributed by atoms with Crippen LogP contribution in [0.5, 0.6) is 0 Å². The summed E-state index contributed by atoms with van der Waals surface area (Å²) in [6.45, 7) is 0.124. The number of carbonyl (C=O) groups is 1. The molecule has 1 atom stereocenters. The minimum Gasteiger partial charge on any atom is -0.755 e. The molecule has 1 unspecified atom stereocenters. The summed E-state index contributed by atoms with van der Waals surface area (Å²) in [7, 11) is 0. The topological polar surface area (TPSA) is 98.2 Å². The van der Waals surface area contributed by atoms with Crippen LogP contribution in [0.4, 0.5) is 15.9 Å². The zero-order valence-electron chi connectivity index (χ0n) is 17.5. The fourth-order valence-electron chi connectivity index (χ4n) is 3.27. The molecule has 0 aliphatic rings. The van der Waals surface area contributed by atoms with E-state index >= 15 is 0 Å². The number of carbonyl (C=O) groups excluding carboxylic acids is 1. The predicted octanol–water partition coefficient (Wildman–Crippen LogP) is 4.78. The molecule has 0 spiro atoms. The van der Waals surface area contributed by atoms with Crippen molar-refractivity contribution in [2.45, 2.75) is 13.0 Å². The molecule has 0 bridgehead atoms. The molecule has 34 heavy (non-hydrogen) atoms. The summed E-state index contributed by atoms with van der Waals surface area (Å²) < 4.78 is 47.2. The smallest absolute Gasteiger partial charge is 0.253 e. The molecule has 0 aliphatic heterocycles. The van der Waals surface area contributed by atoms with Gasteiger partial charge in [0.15, 0.2) is 5.82 Å². The quantitative estimate of drug-likeness (QED) is 0.340. The maximum absolute atomic E-state index is 13.1. The van der Waals surface area contributed by atoms with Crippen LogP contribution in [0.3, 0.4) is 0 Å². The van der Waals surface area contributed by atoms with Crippen LogP contribution in [-0.2, 0) is 24.2 Å². The van der Waals surface area contributed by atoms with Gasteiger partial charge in [-0.2, -0.15) is 8.75 Å². The van der Waals surface area contributed by atoms with Gasteiger partial charge in [0.1, 0.15) is 11.5 Å². The van der Waals surface area contributed by atoms with Crippen molar-refractivity contribution in [1.29, 1.82) is 0 Å². The lowest BCUT2D eigenvalue weighted by atomic mass is 10.1. The van der Waals surface area contributed by atoms with Gasteiger partial charge >= 0.3 is 0 Å². The van der Waals surface area contributed by atoms with E-state index in [1.807, 2.05) is 30.3 Å². The average molecular weight is 516 g/mol. The Bertz CT molecular complexity index is 1320. The van der Waals surface area contributed by atoms with E-state index in [1.54, 1.807) is 12.1 Å². The van der Waals surface area contributed by atoms with Gasteiger partial charge in [0.2, 0.25) is 0 Å². The highest BCUT2D eigenvalue weighted by atomic mass is 35.5. The molecule has 4 aromatic rings. The number of nitrogens with one attached hydrogen (secondary N) is 1. The van der Waals surface area contributed by atoms with Crippen molar-refractivity contribution in [1.82, 2.24) is 14.1 Å². The second-order valence-corrected chi connectivity index (χ2v) is 8.94. The number of amides is 1. The number of nitrogens with zero attached hydrogens (tertiary/aromatic N) is 3. The van der Waals surface area contributed by atoms with Crippen LogP contribution in [-0.4, -0.2) is 23.4 Å². The number of benzene rings is 3. The zero-order chi connectivity index (χ0) is 24.1. The lowest BCUT2D eigenvalue weighted by Crippen LogP contribution is -2.28. The Morgan fingerprint density at radius 3 is 2.50 bits per heavy atom. The van der Waals surface area contributed by atoms with Gasteiger partial charge in [-0.3, -0.25) is 13.3 Å². The van der Waals surface area contributed by atoms with Crippen molar-refractivity contribution < 1.29 is 17.9 Å². The molecule has 1 N–H and O–H groups in total.